The Labute approximate surface area is 150 Å². The summed E-state index contributed by atoms with van der Waals surface area (Å²) in [5, 5.41) is 5.15. The Kier molecular flexibility index (Phi) is 4.55. The minimum absolute atomic E-state index is 0.116. The largest absolute Gasteiger partial charge is 0.310 e. The van der Waals surface area contributed by atoms with Gasteiger partial charge in [0.1, 0.15) is 5.82 Å². The van der Waals surface area contributed by atoms with Crippen molar-refractivity contribution >= 4 is 38.4 Å². The van der Waals surface area contributed by atoms with Crippen molar-refractivity contribution in [1.29, 1.82) is 0 Å². The summed E-state index contributed by atoms with van der Waals surface area (Å²) in [7, 11) is 0. The molecule has 2 heterocycles. The SMILES string of the molecule is O=C(Nc1cc2cc(Br)ccc2cn1)[C@H]1C[C@H](N2CCCCC2)C1. The number of carbonyl (C=O) groups excluding carboxylic acids is 1. The number of pyridine rings is 1. The summed E-state index contributed by atoms with van der Waals surface area (Å²) in [6, 6.07) is 8.62. The average Bonchev–Trinajstić information content (AvgIpc) is 2.54. The van der Waals surface area contributed by atoms with Crippen LogP contribution in [0.15, 0.2) is 34.9 Å². The van der Waals surface area contributed by atoms with Gasteiger partial charge in [-0.3, -0.25) is 4.79 Å². The highest BCUT2D eigenvalue weighted by molar-refractivity contribution is 9.10. The van der Waals surface area contributed by atoms with Crippen molar-refractivity contribution in [2.24, 2.45) is 5.92 Å². The molecule has 126 valence electrons. The number of amides is 1. The van der Waals surface area contributed by atoms with Gasteiger partial charge in [-0.15, -0.1) is 0 Å². The van der Waals surface area contributed by atoms with E-state index in [4.69, 9.17) is 0 Å². The highest BCUT2D eigenvalue weighted by Gasteiger charge is 2.38. The molecule has 5 heteroatoms. The summed E-state index contributed by atoms with van der Waals surface area (Å²) in [5.41, 5.74) is 0. The van der Waals surface area contributed by atoms with E-state index in [1.165, 1.54) is 32.4 Å². The van der Waals surface area contributed by atoms with Gasteiger partial charge >= 0.3 is 0 Å². The number of likely N-dealkylation sites (tertiary alicyclic amines) is 1. The van der Waals surface area contributed by atoms with Gasteiger partial charge < -0.3 is 10.2 Å². The topological polar surface area (TPSA) is 45.2 Å². The van der Waals surface area contributed by atoms with Crippen LogP contribution in [0, 0.1) is 5.92 Å². The van der Waals surface area contributed by atoms with Gasteiger partial charge in [-0.05, 0) is 62.4 Å². The first kappa shape index (κ1) is 16.0. The first-order valence-corrected chi connectivity index (χ1v) is 9.58. The van der Waals surface area contributed by atoms with Crippen molar-refractivity contribution in [3.05, 3.63) is 34.9 Å². The van der Waals surface area contributed by atoms with Crippen LogP contribution in [0.3, 0.4) is 0 Å². The van der Waals surface area contributed by atoms with Crippen molar-refractivity contribution in [2.75, 3.05) is 18.4 Å². The number of benzene rings is 1. The second-order valence-electron chi connectivity index (χ2n) is 6.97. The summed E-state index contributed by atoms with van der Waals surface area (Å²) in [4.78, 5) is 19.4. The van der Waals surface area contributed by atoms with E-state index in [0.717, 1.165) is 28.1 Å². The number of nitrogens with one attached hydrogen (secondary N) is 1. The molecule has 2 fully saturated rings. The number of piperidine rings is 1. The van der Waals surface area contributed by atoms with Crippen molar-refractivity contribution in [3.63, 3.8) is 0 Å². The third-order valence-electron chi connectivity index (χ3n) is 5.33. The molecule has 1 aliphatic carbocycles. The van der Waals surface area contributed by atoms with Crippen LogP contribution in [0.2, 0.25) is 0 Å². The molecule has 1 saturated heterocycles. The summed E-state index contributed by atoms with van der Waals surface area (Å²) in [6.07, 6.45) is 7.77. The van der Waals surface area contributed by atoms with E-state index in [-0.39, 0.29) is 11.8 Å². The number of rotatable bonds is 3. The fourth-order valence-corrected chi connectivity index (χ4v) is 4.17. The maximum Gasteiger partial charge on any atom is 0.228 e. The van der Waals surface area contributed by atoms with Crippen LogP contribution in [0.4, 0.5) is 5.82 Å². The Hall–Kier alpha value is -1.46. The van der Waals surface area contributed by atoms with E-state index in [9.17, 15) is 4.79 Å². The molecule has 0 unspecified atom stereocenters. The van der Waals surface area contributed by atoms with E-state index < -0.39 is 0 Å². The normalized spacial score (nSPS) is 24.5. The van der Waals surface area contributed by atoms with E-state index in [1.54, 1.807) is 0 Å². The molecule has 0 radical (unpaired) electrons. The fraction of sp³-hybridized carbons (Fsp3) is 0.474. The molecule has 4 rings (SSSR count). The molecule has 1 amide bonds. The van der Waals surface area contributed by atoms with E-state index in [2.05, 4.69) is 31.1 Å². The number of aromatic nitrogens is 1. The van der Waals surface area contributed by atoms with Crippen LogP contribution in [0.25, 0.3) is 10.8 Å². The van der Waals surface area contributed by atoms with Gasteiger partial charge in [-0.1, -0.05) is 28.4 Å². The Morgan fingerprint density at radius 2 is 1.92 bits per heavy atom. The van der Waals surface area contributed by atoms with Crippen LogP contribution in [0.1, 0.15) is 32.1 Å². The lowest BCUT2D eigenvalue weighted by Crippen LogP contribution is -2.49. The summed E-state index contributed by atoms with van der Waals surface area (Å²) < 4.78 is 1.03. The molecule has 2 aromatic rings. The fourth-order valence-electron chi connectivity index (χ4n) is 3.79. The number of nitrogens with zero attached hydrogens (tertiary/aromatic N) is 2. The molecule has 24 heavy (non-hydrogen) atoms. The maximum absolute atomic E-state index is 12.4. The Bertz CT molecular complexity index is 751. The molecule has 1 aromatic heterocycles. The van der Waals surface area contributed by atoms with Crippen molar-refractivity contribution in [1.82, 2.24) is 9.88 Å². The Morgan fingerprint density at radius 3 is 2.71 bits per heavy atom. The zero-order chi connectivity index (χ0) is 16.5. The lowest BCUT2D eigenvalue weighted by molar-refractivity contribution is -0.124. The van der Waals surface area contributed by atoms with Crippen LogP contribution in [-0.4, -0.2) is 34.9 Å². The molecule has 1 aliphatic heterocycles. The third-order valence-corrected chi connectivity index (χ3v) is 5.82. The number of carbonyl (C=O) groups is 1. The quantitative estimate of drug-likeness (QED) is 0.857. The summed E-state index contributed by atoms with van der Waals surface area (Å²) >= 11 is 3.48. The molecule has 1 aromatic carbocycles. The summed E-state index contributed by atoms with van der Waals surface area (Å²) in [6.45, 7) is 2.42. The number of halogens is 1. The predicted octanol–water partition coefficient (Wildman–Crippen LogP) is 4.20. The van der Waals surface area contributed by atoms with E-state index >= 15 is 0 Å². The Morgan fingerprint density at radius 1 is 1.12 bits per heavy atom. The first-order chi connectivity index (χ1) is 11.7. The van der Waals surface area contributed by atoms with Crippen LogP contribution >= 0.6 is 15.9 Å². The molecular formula is C19H22BrN3O. The van der Waals surface area contributed by atoms with Gasteiger partial charge in [0, 0.05) is 28.0 Å². The number of hydrogen-bond donors (Lipinski definition) is 1. The number of fused-ring (bicyclic) bond motifs is 1. The predicted molar refractivity (Wildman–Crippen MR) is 100 cm³/mol. The van der Waals surface area contributed by atoms with Crippen molar-refractivity contribution in [3.8, 4) is 0 Å². The minimum atomic E-state index is 0.116. The molecule has 1 N–H and O–H groups in total. The third kappa shape index (κ3) is 3.33. The molecule has 0 spiro atoms. The number of anilines is 1. The van der Waals surface area contributed by atoms with Crippen molar-refractivity contribution in [2.45, 2.75) is 38.1 Å². The minimum Gasteiger partial charge on any atom is -0.310 e. The van der Waals surface area contributed by atoms with Gasteiger partial charge in [0.2, 0.25) is 5.91 Å². The van der Waals surface area contributed by atoms with Gasteiger partial charge in [0.25, 0.3) is 0 Å². The highest BCUT2D eigenvalue weighted by Crippen LogP contribution is 2.34. The molecular weight excluding hydrogens is 366 g/mol. The van der Waals surface area contributed by atoms with Gasteiger partial charge in [0.05, 0.1) is 0 Å². The zero-order valence-electron chi connectivity index (χ0n) is 13.7. The lowest BCUT2D eigenvalue weighted by atomic mass is 9.78. The van der Waals surface area contributed by atoms with Crippen LogP contribution in [-0.2, 0) is 4.79 Å². The first-order valence-electron chi connectivity index (χ1n) is 8.79. The second kappa shape index (κ2) is 6.81. The smallest absolute Gasteiger partial charge is 0.228 e. The standard InChI is InChI=1S/C19H22BrN3O/c20-16-5-4-13-12-21-18(11-14(13)8-16)22-19(24)15-9-17(10-15)23-6-2-1-3-7-23/h4-5,8,11-12,15,17H,1-3,6-7,9-10H2,(H,21,22,24)/t15-,17-. The molecule has 0 bridgehead atoms. The van der Waals surface area contributed by atoms with E-state index in [1.807, 2.05) is 30.5 Å². The highest BCUT2D eigenvalue weighted by atomic mass is 79.9. The molecule has 4 nitrogen and oxygen atoms in total. The second-order valence-corrected chi connectivity index (χ2v) is 7.88. The van der Waals surface area contributed by atoms with Gasteiger partial charge in [0.15, 0.2) is 0 Å². The van der Waals surface area contributed by atoms with Gasteiger partial charge in [-0.25, -0.2) is 4.98 Å². The monoisotopic (exact) mass is 387 g/mol. The molecule has 0 atom stereocenters. The number of hydrogen-bond acceptors (Lipinski definition) is 3. The van der Waals surface area contributed by atoms with Gasteiger partial charge in [-0.2, -0.15) is 0 Å². The average molecular weight is 388 g/mol. The van der Waals surface area contributed by atoms with Crippen molar-refractivity contribution < 1.29 is 4.79 Å². The molecule has 1 saturated carbocycles. The lowest BCUT2D eigenvalue weighted by Gasteiger charge is -2.43. The Balaban J connectivity index is 1.36. The summed E-state index contributed by atoms with van der Waals surface area (Å²) in [5.74, 6) is 0.897. The maximum atomic E-state index is 12.4. The van der Waals surface area contributed by atoms with Crippen LogP contribution < -0.4 is 5.32 Å². The zero-order valence-corrected chi connectivity index (χ0v) is 15.3. The van der Waals surface area contributed by atoms with Crippen LogP contribution in [0.5, 0.6) is 0 Å². The van der Waals surface area contributed by atoms with E-state index in [0.29, 0.717) is 11.9 Å². The molecule has 2 aliphatic rings.